The lowest BCUT2D eigenvalue weighted by Gasteiger charge is -2.43. The number of ether oxygens (including phenoxy) is 1. The third-order valence-corrected chi connectivity index (χ3v) is 6.77. The van der Waals surface area contributed by atoms with Gasteiger partial charge in [0.05, 0.1) is 6.42 Å². The Bertz CT molecular complexity index is 1190. The number of rotatable bonds is 9. The predicted octanol–water partition coefficient (Wildman–Crippen LogP) is 4.44. The number of carbonyl (C=O) groups is 4. The second-order valence-electron chi connectivity index (χ2n) is 11.3. The number of nitrogens with two attached hydrogens (primary N) is 1. The van der Waals surface area contributed by atoms with Gasteiger partial charge in [0.15, 0.2) is 0 Å². The molecule has 1 aliphatic carbocycles. The molecular weight excluding hydrogens is 496 g/mol. The summed E-state index contributed by atoms with van der Waals surface area (Å²) < 4.78 is 5.34. The van der Waals surface area contributed by atoms with Crippen LogP contribution in [0.15, 0.2) is 42.5 Å². The predicted molar refractivity (Wildman–Crippen MR) is 150 cm³/mol. The summed E-state index contributed by atoms with van der Waals surface area (Å²) in [7, 11) is 0. The summed E-state index contributed by atoms with van der Waals surface area (Å²) in [4.78, 5) is 54.3. The first-order chi connectivity index (χ1) is 18.3. The van der Waals surface area contributed by atoms with Crippen molar-refractivity contribution in [1.82, 2.24) is 10.2 Å². The van der Waals surface area contributed by atoms with Crippen LogP contribution in [0.25, 0.3) is 0 Å². The highest BCUT2D eigenvalue weighted by Crippen LogP contribution is 2.35. The molecule has 4 N–H and O–H groups in total. The molecule has 0 bridgehead atoms. The van der Waals surface area contributed by atoms with Gasteiger partial charge in [-0.25, -0.2) is 4.79 Å². The van der Waals surface area contributed by atoms with E-state index < -0.39 is 42.0 Å². The van der Waals surface area contributed by atoms with Crippen molar-refractivity contribution in [3.8, 4) is 0 Å². The van der Waals surface area contributed by atoms with Crippen molar-refractivity contribution in [2.24, 2.45) is 5.73 Å². The van der Waals surface area contributed by atoms with Gasteiger partial charge in [0.1, 0.15) is 17.7 Å². The molecule has 1 fully saturated rings. The lowest BCUT2D eigenvalue weighted by atomic mass is 9.87. The van der Waals surface area contributed by atoms with E-state index in [1.165, 1.54) is 4.90 Å². The van der Waals surface area contributed by atoms with Crippen molar-refractivity contribution in [3.63, 3.8) is 0 Å². The maximum absolute atomic E-state index is 14.2. The van der Waals surface area contributed by atoms with Crippen molar-refractivity contribution < 1.29 is 23.9 Å². The van der Waals surface area contributed by atoms with Gasteiger partial charge >= 0.3 is 6.09 Å². The number of benzene rings is 2. The molecular formula is C30H40N4O5. The largest absolute Gasteiger partial charge is 0.444 e. The van der Waals surface area contributed by atoms with Crippen LogP contribution >= 0.6 is 0 Å². The number of aryl methyl sites for hydroxylation is 3. The molecule has 1 aliphatic rings. The monoisotopic (exact) mass is 536 g/mol. The highest BCUT2D eigenvalue weighted by atomic mass is 16.6. The molecule has 210 valence electrons. The van der Waals surface area contributed by atoms with Crippen LogP contribution in [-0.2, 0) is 19.1 Å². The summed E-state index contributed by atoms with van der Waals surface area (Å²) in [5.74, 6) is -1.71. The fourth-order valence-electron chi connectivity index (χ4n) is 4.60. The van der Waals surface area contributed by atoms with Crippen LogP contribution in [0.3, 0.4) is 0 Å². The number of nitrogens with zero attached hydrogens (tertiary/aromatic N) is 1. The molecule has 3 rings (SSSR count). The Kier molecular flexibility index (Phi) is 9.37. The Hall–Kier alpha value is -3.88. The lowest BCUT2D eigenvalue weighted by Crippen LogP contribution is -2.57. The van der Waals surface area contributed by atoms with Crippen LogP contribution in [0, 0.1) is 20.8 Å². The number of nitrogens with one attached hydrogen (secondary N) is 2. The van der Waals surface area contributed by atoms with Gasteiger partial charge in [-0.05, 0) is 77.5 Å². The van der Waals surface area contributed by atoms with Gasteiger partial charge in [0.25, 0.3) is 5.91 Å². The van der Waals surface area contributed by atoms with E-state index in [0.29, 0.717) is 24.1 Å². The lowest BCUT2D eigenvalue weighted by molar-refractivity contribution is -0.146. The number of hydrogen-bond acceptors (Lipinski definition) is 5. The van der Waals surface area contributed by atoms with E-state index >= 15 is 0 Å². The maximum Gasteiger partial charge on any atom is 0.408 e. The minimum Gasteiger partial charge on any atom is -0.444 e. The molecule has 4 amide bonds. The van der Waals surface area contributed by atoms with Gasteiger partial charge < -0.3 is 26.0 Å². The highest BCUT2D eigenvalue weighted by molar-refractivity contribution is 6.00. The molecule has 39 heavy (non-hydrogen) atoms. The number of carbonyl (C=O) groups excluding carboxylic acids is 4. The van der Waals surface area contributed by atoms with Gasteiger partial charge in [-0.1, -0.05) is 48.0 Å². The number of hydrogen-bond donors (Lipinski definition) is 3. The van der Waals surface area contributed by atoms with Crippen LogP contribution < -0.4 is 16.4 Å². The van der Waals surface area contributed by atoms with Gasteiger partial charge in [0, 0.05) is 11.7 Å². The van der Waals surface area contributed by atoms with E-state index in [0.717, 1.165) is 23.1 Å². The average Bonchev–Trinajstić information content (AvgIpc) is 2.78. The van der Waals surface area contributed by atoms with Crippen LogP contribution in [0.2, 0.25) is 0 Å². The van der Waals surface area contributed by atoms with E-state index in [-0.39, 0.29) is 11.9 Å². The van der Waals surface area contributed by atoms with Crippen LogP contribution in [0.5, 0.6) is 0 Å². The molecule has 1 saturated carbocycles. The van der Waals surface area contributed by atoms with Crippen molar-refractivity contribution in [3.05, 3.63) is 64.7 Å². The van der Waals surface area contributed by atoms with E-state index in [2.05, 4.69) is 10.6 Å². The third-order valence-electron chi connectivity index (χ3n) is 6.77. The first-order valence-electron chi connectivity index (χ1n) is 13.3. The van der Waals surface area contributed by atoms with Crippen molar-refractivity contribution in [2.75, 3.05) is 5.32 Å². The zero-order valence-electron chi connectivity index (χ0n) is 23.7. The molecule has 0 heterocycles. The maximum atomic E-state index is 14.2. The number of amides is 4. The number of anilines is 1. The van der Waals surface area contributed by atoms with E-state index in [9.17, 15) is 19.2 Å². The first-order valence-corrected chi connectivity index (χ1v) is 13.3. The van der Waals surface area contributed by atoms with E-state index in [1.54, 1.807) is 20.8 Å². The fraction of sp³-hybridized carbons (Fsp3) is 0.467. The van der Waals surface area contributed by atoms with Crippen molar-refractivity contribution in [1.29, 1.82) is 0 Å². The molecule has 0 aliphatic heterocycles. The fourth-order valence-corrected chi connectivity index (χ4v) is 4.60. The van der Waals surface area contributed by atoms with Crippen LogP contribution in [0.4, 0.5) is 10.5 Å². The summed E-state index contributed by atoms with van der Waals surface area (Å²) in [5.41, 5.74) is 8.76. The van der Waals surface area contributed by atoms with Crippen LogP contribution in [-0.4, -0.2) is 46.4 Å². The summed E-state index contributed by atoms with van der Waals surface area (Å²) in [6.45, 7) is 10.9. The summed E-state index contributed by atoms with van der Waals surface area (Å²) in [5, 5.41) is 5.57. The topological polar surface area (TPSA) is 131 Å². The second-order valence-corrected chi connectivity index (χ2v) is 11.3. The Labute approximate surface area is 230 Å². The van der Waals surface area contributed by atoms with Gasteiger partial charge in [0.2, 0.25) is 11.8 Å². The minimum absolute atomic E-state index is 0.247. The number of primary amides is 1. The summed E-state index contributed by atoms with van der Waals surface area (Å²) >= 11 is 0. The zero-order chi connectivity index (χ0) is 28.9. The summed E-state index contributed by atoms with van der Waals surface area (Å²) in [6, 6.07) is 10.6. The second kappa shape index (κ2) is 12.3. The Morgan fingerprint density at radius 1 is 1.00 bits per heavy atom. The molecule has 0 saturated heterocycles. The molecule has 2 aromatic rings. The number of alkyl carbamates (subject to hydrolysis) is 1. The van der Waals surface area contributed by atoms with Gasteiger partial charge in [-0.2, -0.15) is 0 Å². The smallest absolute Gasteiger partial charge is 0.408 e. The Balaban J connectivity index is 2.05. The molecule has 2 atom stereocenters. The third kappa shape index (κ3) is 7.81. The average molecular weight is 537 g/mol. The van der Waals surface area contributed by atoms with E-state index in [4.69, 9.17) is 10.5 Å². The zero-order valence-corrected chi connectivity index (χ0v) is 23.7. The molecule has 2 unspecified atom stereocenters. The van der Waals surface area contributed by atoms with Crippen LogP contribution in [0.1, 0.15) is 74.8 Å². The molecule has 9 heteroatoms. The van der Waals surface area contributed by atoms with E-state index in [1.807, 2.05) is 63.2 Å². The Morgan fingerprint density at radius 2 is 1.59 bits per heavy atom. The summed E-state index contributed by atoms with van der Waals surface area (Å²) in [6.07, 6.45) is 1.01. The number of para-hydroxylation sites is 1. The molecule has 9 nitrogen and oxygen atoms in total. The van der Waals surface area contributed by atoms with Gasteiger partial charge in [-0.15, -0.1) is 0 Å². The highest BCUT2D eigenvalue weighted by Gasteiger charge is 2.42. The van der Waals surface area contributed by atoms with Gasteiger partial charge in [-0.3, -0.25) is 14.4 Å². The Morgan fingerprint density at radius 3 is 2.08 bits per heavy atom. The molecule has 0 aromatic heterocycles. The normalized spacial score (nSPS) is 14.9. The quantitative estimate of drug-likeness (QED) is 0.436. The first kappa shape index (κ1) is 29.7. The molecule has 0 spiro atoms. The molecule has 2 aromatic carbocycles. The SMILES string of the molecule is Cc1ccc(C(C(=O)Nc2c(C)cccc2C)N(C(=O)C(CC(N)=O)NC(=O)OC(C)(C)C)C2CCC2)cc1. The van der Waals surface area contributed by atoms with Crippen molar-refractivity contribution in [2.45, 2.75) is 91.0 Å². The molecule has 0 radical (unpaired) electrons. The minimum atomic E-state index is -1.29. The van der Waals surface area contributed by atoms with Crippen molar-refractivity contribution >= 4 is 29.5 Å². The standard InChI is InChI=1S/C30H40N4O5/c1-18-13-15-21(16-14-18)26(27(36)33-25-19(2)9-7-10-20(25)3)34(22-11-8-12-22)28(37)23(17-24(31)35)32-29(38)39-30(4,5)6/h7,9-10,13-16,22-23,26H,8,11-12,17H2,1-6H3,(H2,31,35)(H,32,38)(H,33,36).